The molecule has 122 valence electrons. The Bertz CT molecular complexity index is 592. The van der Waals surface area contributed by atoms with Crippen molar-refractivity contribution in [3.8, 4) is 6.07 Å². The Labute approximate surface area is 136 Å². The molecule has 0 radical (unpaired) electrons. The number of carbonyl (C=O) groups excluding carboxylic acids is 2. The quantitative estimate of drug-likeness (QED) is 0.837. The van der Waals surface area contributed by atoms with Gasteiger partial charge in [-0.2, -0.15) is 5.26 Å². The van der Waals surface area contributed by atoms with E-state index in [1.165, 1.54) is 0 Å². The molecule has 1 heterocycles. The van der Waals surface area contributed by atoms with E-state index in [4.69, 9.17) is 10.00 Å². The molecule has 1 fully saturated rings. The van der Waals surface area contributed by atoms with Gasteiger partial charge in [-0.3, -0.25) is 9.59 Å². The summed E-state index contributed by atoms with van der Waals surface area (Å²) in [4.78, 5) is 25.8. The van der Waals surface area contributed by atoms with E-state index in [0.29, 0.717) is 25.3 Å². The van der Waals surface area contributed by atoms with Gasteiger partial charge in [0.05, 0.1) is 30.7 Å². The van der Waals surface area contributed by atoms with Crippen molar-refractivity contribution in [3.05, 3.63) is 29.8 Å². The highest BCUT2D eigenvalue weighted by atomic mass is 16.5. The van der Waals surface area contributed by atoms with E-state index in [1.807, 2.05) is 6.07 Å². The molecule has 0 saturated carbocycles. The van der Waals surface area contributed by atoms with Crippen LogP contribution in [0.3, 0.4) is 0 Å². The van der Waals surface area contributed by atoms with Gasteiger partial charge in [0.2, 0.25) is 5.91 Å². The molecule has 1 amide bonds. The Hall–Kier alpha value is -2.55. The van der Waals surface area contributed by atoms with Gasteiger partial charge in [0.15, 0.2) is 0 Å². The lowest BCUT2D eigenvalue weighted by atomic mass is 9.98. The molecule has 1 aliphatic heterocycles. The second-order valence-corrected chi connectivity index (χ2v) is 5.47. The molecule has 1 saturated heterocycles. The van der Waals surface area contributed by atoms with Gasteiger partial charge in [0, 0.05) is 18.8 Å². The fraction of sp³-hybridized carbons (Fsp3) is 0.471. The summed E-state index contributed by atoms with van der Waals surface area (Å²) in [5.74, 6) is -0.476. The maximum atomic E-state index is 12.3. The van der Waals surface area contributed by atoms with E-state index >= 15 is 0 Å². The zero-order chi connectivity index (χ0) is 16.7. The number of benzene rings is 1. The Morgan fingerprint density at radius 2 is 2.13 bits per heavy atom. The van der Waals surface area contributed by atoms with Crippen molar-refractivity contribution in [1.29, 1.82) is 5.26 Å². The van der Waals surface area contributed by atoms with E-state index in [9.17, 15) is 9.59 Å². The second kappa shape index (κ2) is 8.18. The molecule has 1 atom stereocenters. The average molecular weight is 315 g/mol. The van der Waals surface area contributed by atoms with Crippen LogP contribution in [-0.2, 0) is 14.3 Å². The number of hydrogen-bond donors (Lipinski definition) is 1. The lowest BCUT2D eigenvalue weighted by Gasteiger charge is -2.31. The average Bonchev–Trinajstić information content (AvgIpc) is 2.60. The summed E-state index contributed by atoms with van der Waals surface area (Å²) in [6.07, 6.45) is 1.58. The minimum atomic E-state index is -0.220. The number of piperidine rings is 1. The van der Waals surface area contributed by atoms with Crippen LogP contribution in [0.5, 0.6) is 0 Å². The van der Waals surface area contributed by atoms with Crippen LogP contribution in [0.4, 0.5) is 5.69 Å². The van der Waals surface area contributed by atoms with E-state index in [-0.39, 0.29) is 24.3 Å². The molecule has 0 spiro atoms. The van der Waals surface area contributed by atoms with Crippen LogP contribution < -0.4 is 5.32 Å². The van der Waals surface area contributed by atoms with Crippen LogP contribution in [-0.4, -0.2) is 43.0 Å². The van der Waals surface area contributed by atoms with E-state index in [0.717, 1.165) is 18.5 Å². The largest absolute Gasteiger partial charge is 0.466 e. The van der Waals surface area contributed by atoms with Crippen molar-refractivity contribution >= 4 is 17.6 Å². The molecule has 1 unspecified atom stereocenters. The summed E-state index contributed by atoms with van der Waals surface area (Å²) < 4.78 is 5.04. The smallest absolute Gasteiger partial charge is 0.310 e. The molecule has 6 heteroatoms. The first-order chi connectivity index (χ1) is 11.1. The van der Waals surface area contributed by atoms with E-state index in [2.05, 4.69) is 5.32 Å². The number of hydrogen-bond acceptors (Lipinski definition) is 5. The number of anilines is 1. The summed E-state index contributed by atoms with van der Waals surface area (Å²) in [6, 6.07) is 8.98. The third-order valence-electron chi connectivity index (χ3n) is 3.85. The number of nitriles is 1. The highest BCUT2D eigenvalue weighted by Gasteiger charge is 2.29. The molecule has 1 aromatic carbocycles. The lowest BCUT2D eigenvalue weighted by Crippen LogP contribution is -2.44. The fourth-order valence-corrected chi connectivity index (χ4v) is 2.61. The molecule has 6 nitrogen and oxygen atoms in total. The van der Waals surface area contributed by atoms with Crippen molar-refractivity contribution < 1.29 is 14.3 Å². The minimum Gasteiger partial charge on any atom is -0.466 e. The van der Waals surface area contributed by atoms with Crippen LogP contribution in [0.1, 0.15) is 25.3 Å². The van der Waals surface area contributed by atoms with Crippen LogP contribution in [0.25, 0.3) is 0 Å². The number of rotatable bonds is 5. The first kappa shape index (κ1) is 16.8. The van der Waals surface area contributed by atoms with Crippen LogP contribution in [0.2, 0.25) is 0 Å². The summed E-state index contributed by atoms with van der Waals surface area (Å²) in [6.45, 7) is 3.41. The molecule has 0 aliphatic carbocycles. The standard InChI is InChI=1S/C17H21N3O3/c1-2-23-17(22)14-4-3-9-20(12-14)16(21)11-19-15-7-5-13(10-18)6-8-15/h5-8,14,19H,2-4,9,11-12H2,1H3. The molecule has 1 aliphatic rings. The van der Waals surface area contributed by atoms with Gasteiger partial charge >= 0.3 is 5.97 Å². The molecule has 2 rings (SSSR count). The molecular formula is C17H21N3O3. The SMILES string of the molecule is CCOC(=O)C1CCCN(C(=O)CNc2ccc(C#N)cc2)C1. The van der Waals surface area contributed by atoms with Gasteiger partial charge in [-0.05, 0) is 44.0 Å². The first-order valence-corrected chi connectivity index (χ1v) is 7.82. The lowest BCUT2D eigenvalue weighted by molar-refractivity contribution is -0.151. The fourth-order valence-electron chi connectivity index (χ4n) is 2.61. The highest BCUT2D eigenvalue weighted by molar-refractivity contribution is 5.82. The number of esters is 1. The van der Waals surface area contributed by atoms with Crippen LogP contribution >= 0.6 is 0 Å². The molecule has 0 aromatic heterocycles. The second-order valence-electron chi connectivity index (χ2n) is 5.47. The van der Waals surface area contributed by atoms with Gasteiger partial charge in [-0.15, -0.1) is 0 Å². The Morgan fingerprint density at radius 1 is 1.39 bits per heavy atom. The zero-order valence-electron chi connectivity index (χ0n) is 13.2. The van der Waals surface area contributed by atoms with Crippen LogP contribution in [0, 0.1) is 17.2 Å². The highest BCUT2D eigenvalue weighted by Crippen LogP contribution is 2.18. The normalized spacial score (nSPS) is 17.2. The van der Waals surface area contributed by atoms with Crippen molar-refractivity contribution in [2.24, 2.45) is 5.92 Å². The maximum Gasteiger partial charge on any atom is 0.310 e. The van der Waals surface area contributed by atoms with E-state index in [1.54, 1.807) is 36.1 Å². The van der Waals surface area contributed by atoms with Crippen molar-refractivity contribution in [2.75, 3.05) is 31.6 Å². The molecule has 1 aromatic rings. The number of nitrogens with one attached hydrogen (secondary N) is 1. The van der Waals surface area contributed by atoms with Crippen molar-refractivity contribution in [3.63, 3.8) is 0 Å². The summed E-state index contributed by atoms with van der Waals surface area (Å²) in [7, 11) is 0. The van der Waals surface area contributed by atoms with Gasteiger partial charge < -0.3 is 15.0 Å². The number of likely N-dealkylation sites (tertiary alicyclic amines) is 1. The molecule has 23 heavy (non-hydrogen) atoms. The third kappa shape index (κ3) is 4.71. The minimum absolute atomic E-state index is 0.0386. The van der Waals surface area contributed by atoms with Gasteiger partial charge in [0.25, 0.3) is 0 Å². The number of amides is 1. The van der Waals surface area contributed by atoms with E-state index < -0.39 is 0 Å². The number of ether oxygens (including phenoxy) is 1. The molecule has 0 bridgehead atoms. The summed E-state index contributed by atoms with van der Waals surface area (Å²) in [5, 5.41) is 11.8. The first-order valence-electron chi connectivity index (χ1n) is 7.82. The predicted octanol–water partition coefficient (Wildman–Crippen LogP) is 1.77. The third-order valence-corrected chi connectivity index (χ3v) is 3.85. The predicted molar refractivity (Wildman–Crippen MR) is 85.6 cm³/mol. The van der Waals surface area contributed by atoms with Gasteiger partial charge in [-0.25, -0.2) is 0 Å². The van der Waals surface area contributed by atoms with Gasteiger partial charge in [0.1, 0.15) is 0 Å². The maximum absolute atomic E-state index is 12.3. The number of carbonyl (C=O) groups is 2. The topological polar surface area (TPSA) is 82.4 Å². The van der Waals surface area contributed by atoms with Crippen LogP contribution in [0.15, 0.2) is 24.3 Å². The van der Waals surface area contributed by atoms with Gasteiger partial charge in [-0.1, -0.05) is 0 Å². The zero-order valence-corrected chi connectivity index (χ0v) is 13.2. The summed E-state index contributed by atoms with van der Waals surface area (Å²) >= 11 is 0. The Kier molecular flexibility index (Phi) is 5.98. The summed E-state index contributed by atoms with van der Waals surface area (Å²) in [5.41, 5.74) is 1.37. The Balaban J connectivity index is 1.84. The van der Waals surface area contributed by atoms with Crippen molar-refractivity contribution in [1.82, 2.24) is 4.90 Å². The number of nitrogens with zero attached hydrogens (tertiary/aromatic N) is 2. The monoisotopic (exact) mass is 315 g/mol. The molecular weight excluding hydrogens is 294 g/mol. The molecule has 1 N–H and O–H groups in total. The van der Waals surface area contributed by atoms with Crippen molar-refractivity contribution in [2.45, 2.75) is 19.8 Å². The Morgan fingerprint density at radius 3 is 2.78 bits per heavy atom.